The third-order valence-electron chi connectivity index (χ3n) is 3.46. The zero-order valence-electron chi connectivity index (χ0n) is 11.7. The van der Waals surface area contributed by atoms with Gasteiger partial charge in [-0.25, -0.2) is 0 Å². The molecule has 0 amide bonds. The summed E-state index contributed by atoms with van der Waals surface area (Å²) < 4.78 is 11.0. The van der Waals surface area contributed by atoms with Crippen LogP contribution in [0.5, 0.6) is 11.5 Å². The first-order valence-electron chi connectivity index (χ1n) is 6.92. The average Bonchev–Trinajstić information content (AvgIpc) is 2.43. The highest BCUT2D eigenvalue weighted by Gasteiger charge is 2.16. The molecule has 0 fully saturated rings. The largest absolute Gasteiger partial charge is 0.486 e. The minimum absolute atomic E-state index is 0.618. The van der Waals surface area contributed by atoms with Crippen LogP contribution in [0.15, 0.2) is 18.2 Å². The van der Waals surface area contributed by atoms with Crippen molar-refractivity contribution in [2.75, 3.05) is 26.3 Å². The van der Waals surface area contributed by atoms with Crippen molar-refractivity contribution in [3.05, 3.63) is 23.8 Å². The number of nitrogens with one attached hydrogen (secondary N) is 1. The topological polar surface area (TPSA) is 50.7 Å². The number of hydrogen-bond donors (Lipinski definition) is 2. The molecular formula is C15H23NO3. The Hall–Kier alpha value is -1.26. The van der Waals surface area contributed by atoms with Crippen molar-refractivity contribution in [2.24, 2.45) is 0 Å². The lowest BCUT2D eigenvalue weighted by molar-refractivity contribution is 0.0561. The Bertz CT molecular complexity index is 418. The first-order chi connectivity index (χ1) is 9.11. The SMILES string of the molecule is CCC(C)(O)CNCCc1ccc2c(c1)OCCO2. The van der Waals surface area contributed by atoms with E-state index in [4.69, 9.17) is 9.47 Å². The van der Waals surface area contributed by atoms with Crippen molar-refractivity contribution in [1.82, 2.24) is 5.32 Å². The molecule has 0 aliphatic carbocycles. The lowest BCUT2D eigenvalue weighted by Crippen LogP contribution is -2.37. The van der Waals surface area contributed by atoms with Crippen molar-refractivity contribution >= 4 is 0 Å². The fourth-order valence-corrected chi connectivity index (χ4v) is 1.96. The summed E-state index contributed by atoms with van der Waals surface area (Å²) in [5.74, 6) is 1.67. The molecule has 0 radical (unpaired) electrons. The third-order valence-corrected chi connectivity index (χ3v) is 3.46. The zero-order chi connectivity index (χ0) is 13.7. The molecule has 1 aliphatic heterocycles. The highest BCUT2D eigenvalue weighted by Crippen LogP contribution is 2.30. The molecule has 106 valence electrons. The van der Waals surface area contributed by atoms with Gasteiger partial charge in [0.15, 0.2) is 11.5 Å². The van der Waals surface area contributed by atoms with Gasteiger partial charge in [-0.2, -0.15) is 0 Å². The van der Waals surface area contributed by atoms with Crippen molar-refractivity contribution in [2.45, 2.75) is 32.3 Å². The van der Waals surface area contributed by atoms with Crippen molar-refractivity contribution in [3.63, 3.8) is 0 Å². The van der Waals surface area contributed by atoms with Crippen LogP contribution in [0.4, 0.5) is 0 Å². The van der Waals surface area contributed by atoms with Crippen molar-refractivity contribution in [3.8, 4) is 11.5 Å². The Labute approximate surface area is 114 Å². The van der Waals surface area contributed by atoms with E-state index in [1.807, 2.05) is 26.0 Å². The number of hydrogen-bond acceptors (Lipinski definition) is 4. The second-order valence-corrected chi connectivity index (χ2v) is 5.26. The van der Waals surface area contributed by atoms with Gasteiger partial charge in [0.2, 0.25) is 0 Å². The Kier molecular flexibility index (Phi) is 4.66. The summed E-state index contributed by atoms with van der Waals surface area (Å²) >= 11 is 0. The summed E-state index contributed by atoms with van der Waals surface area (Å²) in [5, 5.41) is 13.2. The van der Waals surface area contributed by atoms with E-state index in [0.29, 0.717) is 19.8 Å². The molecule has 1 unspecified atom stereocenters. The van der Waals surface area contributed by atoms with E-state index in [0.717, 1.165) is 30.9 Å². The molecular weight excluding hydrogens is 242 g/mol. The maximum absolute atomic E-state index is 9.88. The van der Waals surface area contributed by atoms with Gasteiger partial charge in [-0.15, -0.1) is 0 Å². The Balaban J connectivity index is 1.80. The first-order valence-corrected chi connectivity index (χ1v) is 6.92. The van der Waals surface area contributed by atoms with Gasteiger partial charge in [0.1, 0.15) is 13.2 Å². The van der Waals surface area contributed by atoms with E-state index in [-0.39, 0.29) is 0 Å². The molecule has 1 aromatic carbocycles. The second-order valence-electron chi connectivity index (χ2n) is 5.26. The fourth-order valence-electron chi connectivity index (χ4n) is 1.96. The molecule has 0 saturated carbocycles. The molecule has 1 aliphatic rings. The predicted octanol–water partition coefficient (Wildman–Crippen LogP) is 1.75. The molecule has 1 atom stereocenters. The van der Waals surface area contributed by atoms with Crippen LogP contribution in [-0.2, 0) is 6.42 Å². The van der Waals surface area contributed by atoms with E-state index >= 15 is 0 Å². The van der Waals surface area contributed by atoms with Crippen LogP contribution in [0.25, 0.3) is 0 Å². The van der Waals surface area contributed by atoms with Crippen LogP contribution >= 0.6 is 0 Å². The Morgan fingerprint density at radius 3 is 2.74 bits per heavy atom. The molecule has 2 N–H and O–H groups in total. The van der Waals surface area contributed by atoms with Gasteiger partial charge in [-0.1, -0.05) is 13.0 Å². The molecule has 0 saturated heterocycles. The van der Waals surface area contributed by atoms with Crippen molar-refractivity contribution in [1.29, 1.82) is 0 Å². The normalized spacial score (nSPS) is 17.0. The maximum Gasteiger partial charge on any atom is 0.161 e. The van der Waals surface area contributed by atoms with Crippen LogP contribution in [0.2, 0.25) is 0 Å². The number of benzene rings is 1. The number of ether oxygens (including phenoxy) is 2. The molecule has 2 rings (SSSR count). The monoisotopic (exact) mass is 265 g/mol. The predicted molar refractivity (Wildman–Crippen MR) is 74.9 cm³/mol. The standard InChI is InChI=1S/C15H23NO3/c1-3-15(2,17)11-16-7-6-12-4-5-13-14(10-12)19-9-8-18-13/h4-5,10,16-17H,3,6-9,11H2,1-2H3. The summed E-state index contributed by atoms with van der Waals surface area (Å²) in [6, 6.07) is 6.06. The summed E-state index contributed by atoms with van der Waals surface area (Å²) in [4.78, 5) is 0. The molecule has 19 heavy (non-hydrogen) atoms. The molecule has 0 aromatic heterocycles. The highest BCUT2D eigenvalue weighted by molar-refractivity contribution is 5.43. The minimum atomic E-state index is -0.618. The van der Waals surface area contributed by atoms with Crippen LogP contribution in [0.3, 0.4) is 0 Å². The molecule has 0 bridgehead atoms. The zero-order valence-corrected chi connectivity index (χ0v) is 11.7. The van der Waals surface area contributed by atoms with E-state index in [2.05, 4.69) is 11.4 Å². The van der Waals surface area contributed by atoms with E-state index in [9.17, 15) is 5.11 Å². The average molecular weight is 265 g/mol. The molecule has 1 aromatic rings. The fraction of sp³-hybridized carbons (Fsp3) is 0.600. The smallest absolute Gasteiger partial charge is 0.161 e. The molecule has 4 heteroatoms. The van der Waals surface area contributed by atoms with E-state index < -0.39 is 5.60 Å². The summed E-state index contributed by atoms with van der Waals surface area (Å²) in [6.07, 6.45) is 1.67. The summed E-state index contributed by atoms with van der Waals surface area (Å²) in [6.45, 7) is 6.55. The van der Waals surface area contributed by atoms with Crippen LogP contribution in [0.1, 0.15) is 25.8 Å². The highest BCUT2D eigenvalue weighted by atomic mass is 16.6. The minimum Gasteiger partial charge on any atom is -0.486 e. The van der Waals surface area contributed by atoms with E-state index in [1.54, 1.807) is 0 Å². The lowest BCUT2D eigenvalue weighted by Gasteiger charge is -2.22. The number of rotatable bonds is 6. The molecule has 1 heterocycles. The van der Waals surface area contributed by atoms with Gasteiger partial charge in [-0.3, -0.25) is 0 Å². The van der Waals surface area contributed by atoms with Crippen LogP contribution in [0, 0.1) is 0 Å². The number of aliphatic hydroxyl groups is 1. The Morgan fingerprint density at radius 2 is 2.00 bits per heavy atom. The van der Waals surface area contributed by atoms with Gasteiger partial charge in [0.05, 0.1) is 5.60 Å². The van der Waals surface area contributed by atoms with Crippen LogP contribution < -0.4 is 14.8 Å². The van der Waals surface area contributed by atoms with Gasteiger partial charge < -0.3 is 19.9 Å². The van der Waals surface area contributed by atoms with Gasteiger partial charge in [0.25, 0.3) is 0 Å². The van der Waals surface area contributed by atoms with E-state index in [1.165, 1.54) is 5.56 Å². The van der Waals surface area contributed by atoms with Gasteiger partial charge in [-0.05, 0) is 44.0 Å². The number of fused-ring (bicyclic) bond motifs is 1. The summed E-state index contributed by atoms with van der Waals surface area (Å²) in [7, 11) is 0. The molecule has 0 spiro atoms. The molecule has 4 nitrogen and oxygen atoms in total. The summed E-state index contributed by atoms with van der Waals surface area (Å²) in [5.41, 5.74) is 0.597. The third kappa shape index (κ3) is 4.11. The second kappa shape index (κ2) is 6.26. The van der Waals surface area contributed by atoms with Crippen LogP contribution in [-0.4, -0.2) is 37.0 Å². The maximum atomic E-state index is 9.88. The Morgan fingerprint density at radius 1 is 1.26 bits per heavy atom. The van der Waals surface area contributed by atoms with Crippen molar-refractivity contribution < 1.29 is 14.6 Å². The van der Waals surface area contributed by atoms with Gasteiger partial charge in [0, 0.05) is 6.54 Å². The lowest BCUT2D eigenvalue weighted by atomic mass is 10.0. The quantitative estimate of drug-likeness (QED) is 0.769. The first kappa shape index (κ1) is 14.2. The van der Waals surface area contributed by atoms with Gasteiger partial charge >= 0.3 is 0 Å².